The number of carbonyl (C=O) groups is 2. The lowest BCUT2D eigenvalue weighted by molar-refractivity contribution is 0.0822. The first kappa shape index (κ1) is 25.4. The maximum atomic E-state index is 13.3. The fourth-order valence-electron chi connectivity index (χ4n) is 5.42. The van der Waals surface area contributed by atoms with Crippen LogP contribution in [-0.2, 0) is 5.41 Å². The van der Waals surface area contributed by atoms with Crippen LogP contribution in [0.1, 0.15) is 56.8 Å². The van der Waals surface area contributed by atoms with Gasteiger partial charge in [0.05, 0.1) is 19.6 Å². The molecule has 200 valence electrons. The second-order valence-corrected chi connectivity index (χ2v) is 10.5. The van der Waals surface area contributed by atoms with Crippen LogP contribution in [-0.4, -0.2) is 31.5 Å². The number of nitrogens with one attached hydrogen (secondary N) is 1. The summed E-state index contributed by atoms with van der Waals surface area (Å²) in [5, 5.41) is 3.56. The number of methoxy groups -OCH3 is 2. The number of anilines is 1. The molecule has 0 saturated carbocycles. The first-order chi connectivity index (χ1) is 19.2. The van der Waals surface area contributed by atoms with Gasteiger partial charge in [0.25, 0.3) is 0 Å². The molecule has 2 aliphatic rings. The lowest BCUT2D eigenvalue weighted by atomic mass is 9.76. The van der Waals surface area contributed by atoms with E-state index in [2.05, 4.69) is 19.2 Å². The Kier molecular flexibility index (Phi) is 5.99. The molecule has 1 spiro atoms. The van der Waals surface area contributed by atoms with Crippen molar-refractivity contribution in [3.63, 3.8) is 0 Å². The van der Waals surface area contributed by atoms with E-state index in [4.69, 9.17) is 14.2 Å². The van der Waals surface area contributed by atoms with Gasteiger partial charge >= 0.3 is 0 Å². The normalized spacial score (nSPS) is 17.8. The molecule has 6 rings (SSSR count). The quantitative estimate of drug-likeness (QED) is 0.280. The van der Waals surface area contributed by atoms with Crippen molar-refractivity contribution in [3.8, 4) is 17.2 Å². The highest BCUT2D eigenvalue weighted by molar-refractivity contribution is 6.10. The first-order valence-electron chi connectivity index (χ1n) is 13.1. The SMILES string of the molecule is COc1ccc(C(=O)c2ccc3c(c2)C=CC2(Nc4ccc(C(=O)c5ccc(OC)cc5)cc4C2(C)C)O3)cc1. The molecular weight excluding hydrogens is 502 g/mol. The summed E-state index contributed by atoms with van der Waals surface area (Å²) in [6.07, 6.45) is 4.00. The molecule has 6 heteroatoms. The Labute approximate surface area is 233 Å². The smallest absolute Gasteiger partial charge is 0.209 e. The summed E-state index contributed by atoms with van der Waals surface area (Å²) >= 11 is 0. The second-order valence-electron chi connectivity index (χ2n) is 10.5. The maximum absolute atomic E-state index is 13.3. The highest BCUT2D eigenvalue weighted by atomic mass is 16.5. The molecule has 0 saturated heterocycles. The minimum atomic E-state index is -0.856. The van der Waals surface area contributed by atoms with Crippen LogP contribution in [0.15, 0.2) is 91.0 Å². The van der Waals surface area contributed by atoms with Crippen LogP contribution in [0.5, 0.6) is 17.2 Å². The van der Waals surface area contributed by atoms with Gasteiger partial charge in [0.2, 0.25) is 5.72 Å². The molecule has 0 bridgehead atoms. The van der Waals surface area contributed by atoms with Crippen molar-refractivity contribution in [1.82, 2.24) is 0 Å². The number of ketones is 2. The number of ether oxygens (including phenoxy) is 3. The molecule has 0 fully saturated rings. The van der Waals surface area contributed by atoms with Gasteiger partial charge in [0.15, 0.2) is 11.6 Å². The predicted octanol–water partition coefficient (Wildman–Crippen LogP) is 6.67. The molecule has 6 nitrogen and oxygen atoms in total. The highest BCUT2D eigenvalue weighted by Gasteiger charge is 2.54. The Hall–Kier alpha value is -4.84. The third-order valence-electron chi connectivity index (χ3n) is 7.95. The van der Waals surface area contributed by atoms with Crippen molar-refractivity contribution in [3.05, 3.63) is 124 Å². The van der Waals surface area contributed by atoms with Gasteiger partial charge in [-0.3, -0.25) is 9.59 Å². The summed E-state index contributed by atoms with van der Waals surface area (Å²) in [5.74, 6) is 1.96. The first-order valence-corrected chi connectivity index (χ1v) is 13.1. The van der Waals surface area contributed by atoms with Crippen LogP contribution in [0.3, 0.4) is 0 Å². The number of benzene rings is 4. The largest absolute Gasteiger partial charge is 0.497 e. The molecule has 1 atom stereocenters. The van der Waals surface area contributed by atoms with E-state index in [-0.39, 0.29) is 11.6 Å². The fraction of sp³-hybridized carbons (Fsp3) is 0.176. The van der Waals surface area contributed by atoms with Crippen molar-refractivity contribution >= 4 is 23.3 Å². The fourth-order valence-corrected chi connectivity index (χ4v) is 5.42. The molecule has 0 radical (unpaired) electrons. The number of hydrogen-bond acceptors (Lipinski definition) is 6. The van der Waals surface area contributed by atoms with Gasteiger partial charge in [-0.2, -0.15) is 0 Å². The minimum Gasteiger partial charge on any atom is -0.497 e. The molecule has 0 aliphatic carbocycles. The van der Waals surface area contributed by atoms with Crippen molar-refractivity contribution in [2.75, 3.05) is 19.5 Å². The maximum Gasteiger partial charge on any atom is 0.209 e. The topological polar surface area (TPSA) is 73.9 Å². The van der Waals surface area contributed by atoms with Gasteiger partial charge in [0.1, 0.15) is 17.2 Å². The Morgan fingerprint density at radius 2 is 1.23 bits per heavy atom. The van der Waals surface area contributed by atoms with Gasteiger partial charge in [-0.1, -0.05) is 0 Å². The van der Waals surface area contributed by atoms with Crippen molar-refractivity contribution in [2.24, 2.45) is 0 Å². The Bertz CT molecular complexity index is 1670. The Morgan fingerprint density at radius 3 is 1.80 bits per heavy atom. The number of hydrogen-bond donors (Lipinski definition) is 1. The summed E-state index contributed by atoms with van der Waals surface area (Å²) in [4.78, 5) is 26.4. The van der Waals surface area contributed by atoms with Gasteiger partial charge in [-0.05, 0) is 116 Å². The average molecular weight is 532 g/mol. The van der Waals surface area contributed by atoms with Crippen LogP contribution >= 0.6 is 0 Å². The van der Waals surface area contributed by atoms with Gasteiger partial charge in [-0.15, -0.1) is 0 Å². The molecule has 2 aliphatic heterocycles. The van der Waals surface area contributed by atoms with E-state index < -0.39 is 11.1 Å². The van der Waals surface area contributed by atoms with Crippen LogP contribution in [0, 0.1) is 0 Å². The summed E-state index contributed by atoms with van der Waals surface area (Å²) in [6.45, 7) is 4.20. The Morgan fingerprint density at radius 1 is 0.700 bits per heavy atom. The molecule has 0 amide bonds. The molecule has 0 aromatic heterocycles. The summed E-state index contributed by atoms with van der Waals surface area (Å²) in [5.41, 5.74) is 3.75. The molecule has 1 N–H and O–H groups in total. The standard InChI is InChI=1S/C34H29NO5/c1-33(2)28-20-25(32(37)22-7-13-27(39-4)14-8-22)9-15-29(28)35-34(33)18-17-23-19-24(10-16-30(23)40-34)31(36)21-5-11-26(38-3)12-6-21/h5-20,35H,1-4H3. The average Bonchev–Trinajstić information content (AvgIpc) is 3.20. The van der Waals surface area contributed by atoms with E-state index >= 15 is 0 Å². The zero-order valence-electron chi connectivity index (χ0n) is 22.8. The lowest BCUT2D eigenvalue weighted by Gasteiger charge is -2.41. The number of carbonyl (C=O) groups excluding carboxylic acids is 2. The van der Waals surface area contributed by atoms with E-state index in [0.717, 1.165) is 16.8 Å². The van der Waals surface area contributed by atoms with Gasteiger partial charge < -0.3 is 19.5 Å². The monoisotopic (exact) mass is 531 g/mol. The molecule has 4 aromatic carbocycles. The number of rotatable bonds is 6. The third kappa shape index (κ3) is 4.04. The molecule has 2 heterocycles. The van der Waals surface area contributed by atoms with Crippen molar-refractivity contribution in [2.45, 2.75) is 25.0 Å². The summed E-state index contributed by atoms with van der Waals surface area (Å²) in [7, 11) is 3.20. The zero-order chi connectivity index (χ0) is 28.1. The molecule has 4 aromatic rings. The van der Waals surface area contributed by atoms with Crippen LogP contribution in [0.2, 0.25) is 0 Å². The molecule has 1 unspecified atom stereocenters. The van der Waals surface area contributed by atoms with E-state index in [1.807, 2.05) is 42.5 Å². The minimum absolute atomic E-state index is 0.0540. The zero-order valence-corrected chi connectivity index (χ0v) is 22.8. The van der Waals surface area contributed by atoms with Crippen LogP contribution < -0.4 is 19.5 Å². The van der Waals surface area contributed by atoms with E-state index in [1.54, 1.807) is 68.8 Å². The van der Waals surface area contributed by atoms with Crippen molar-refractivity contribution in [1.29, 1.82) is 0 Å². The summed E-state index contributed by atoms with van der Waals surface area (Å²) < 4.78 is 17.0. The van der Waals surface area contributed by atoms with Crippen molar-refractivity contribution < 1.29 is 23.8 Å². The molecular formula is C34H29NO5. The lowest BCUT2D eigenvalue weighted by Crippen LogP contribution is -2.53. The van der Waals surface area contributed by atoms with Gasteiger partial charge in [0, 0.05) is 33.5 Å². The van der Waals surface area contributed by atoms with E-state index in [9.17, 15) is 9.59 Å². The van der Waals surface area contributed by atoms with E-state index in [1.165, 1.54) is 0 Å². The van der Waals surface area contributed by atoms with E-state index in [0.29, 0.717) is 39.5 Å². The third-order valence-corrected chi connectivity index (χ3v) is 7.95. The van der Waals surface area contributed by atoms with Crippen LogP contribution in [0.4, 0.5) is 5.69 Å². The second kappa shape index (κ2) is 9.42. The highest BCUT2D eigenvalue weighted by Crippen LogP contribution is 2.51. The van der Waals surface area contributed by atoms with Crippen LogP contribution in [0.25, 0.3) is 6.08 Å². The Balaban J connectivity index is 1.27. The summed E-state index contributed by atoms with van der Waals surface area (Å²) in [6, 6.07) is 25.4. The van der Waals surface area contributed by atoms with Gasteiger partial charge in [-0.25, -0.2) is 0 Å². The molecule has 40 heavy (non-hydrogen) atoms. The number of fused-ring (bicyclic) bond motifs is 2. The predicted molar refractivity (Wildman–Crippen MR) is 155 cm³/mol.